The number of phosphoric acid groups is 1. The van der Waals surface area contributed by atoms with Crippen LogP contribution in [0.4, 0.5) is 13.6 Å². The molecule has 0 aliphatic rings. The van der Waals surface area contributed by atoms with Crippen molar-refractivity contribution >= 4 is 25.9 Å². The van der Waals surface area contributed by atoms with Crippen LogP contribution in [0.3, 0.4) is 0 Å². The number of hydrogen-bond donors (Lipinski definition) is 2. The molecular weight excluding hydrogens is 839 g/mol. The summed E-state index contributed by atoms with van der Waals surface area (Å²) in [5.74, 6) is -1.18. The highest BCUT2D eigenvalue weighted by Gasteiger charge is 2.27. The minimum atomic E-state index is -4.66. The number of carbonyl (C=O) groups is 3. The molecule has 0 saturated heterocycles. The molecule has 0 bridgehead atoms. The lowest BCUT2D eigenvalue weighted by atomic mass is 10.0. The molecule has 0 heterocycles. The van der Waals surface area contributed by atoms with E-state index in [4.69, 9.17) is 23.3 Å². The number of nitrogens with one attached hydrogen (secondary N) is 1. The van der Waals surface area contributed by atoms with Crippen molar-refractivity contribution in [1.29, 1.82) is 0 Å². The first kappa shape index (κ1) is 63.2. The average molecular weight is 932 g/mol. The van der Waals surface area contributed by atoms with E-state index in [1.54, 1.807) is 7.11 Å². The first-order chi connectivity index (χ1) is 30.6. The second kappa shape index (κ2) is 51.1. The van der Waals surface area contributed by atoms with Crippen LogP contribution >= 0.6 is 7.82 Å². The Bertz CT molecular complexity index is 994. The Morgan fingerprint density at radius 1 is 0.540 bits per heavy atom. The minimum absolute atomic E-state index is 0.124. The van der Waals surface area contributed by atoms with Crippen molar-refractivity contribution in [1.82, 2.24) is 5.32 Å². The lowest BCUT2D eigenvalue weighted by molar-refractivity contribution is -0.193. The van der Waals surface area contributed by atoms with Gasteiger partial charge in [-0.3, -0.25) is 18.6 Å². The molecule has 1 amide bonds. The summed E-state index contributed by atoms with van der Waals surface area (Å²) in [6.45, 7) is 2.57. The van der Waals surface area contributed by atoms with E-state index >= 15 is 0 Å². The predicted molar refractivity (Wildman–Crippen MR) is 246 cm³/mol. The van der Waals surface area contributed by atoms with Gasteiger partial charge in [0.15, 0.2) is 0 Å². The van der Waals surface area contributed by atoms with Crippen molar-refractivity contribution in [2.45, 2.75) is 226 Å². The molecule has 13 nitrogen and oxygen atoms in total. The van der Waals surface area contributed by atoms with Crippen LogP contribution in [-0.4, -0.2) is 89.4 Å². The SMILES string of the molecule is CCCCCCCCCCCCCCCCCC(=O)OC(COP(=O)(O)OCCNC(=O)OCF)OC(=O)CCCCCCCCCCCCCCCCC.COCCOCCF. The van der Waals surface area contributed by atoms with E-state index in [0.717, 1.165) is 38.5 Å². The number of esters is 2. The van der Waals surface area contributed by atoms with Gasteiger partial charge >= 0.3 is 25.9 Å². The number of unbranched alkanes of at least 4 members (excludes halogenated alkanes) is 28. The average Bonchev–Trinajstić information content (AvgIpc) is 3.26. The normalized spacial score (nSPS) is 12.1. The smallest absolute Gasteiger partial charge is 0.423 e. The zero-order valence-electron chi connectivity index (χ0n) is 40.0. The van der Waals surface area contributed by atoms with Crippen molar-refractivity contribution < 1.29 is 65.4 Å². The van der Waals surface area contributed by atoms with Gasteiger partial charge in [-0.05, 0) is 12.8 Å². The van der Waals surface area contributed by atoms with Gasteiger partial charge in [0.2, 0.25) is 6.86 Å². The van der Waals surface area contributed by atoms with Gasteiger partial charge in [0, 0.05) is 26.5 Å². The third kappa shape index (κ3) is 52.6. The summed E-state index contributed by atoms with van der Waals surface area (Å²) < 4.78 is 69.5. The molecule has 1 unspecified atom stereocenters. The van der Waals surface area contributed by atoms with Gasteiger partial charge in [-0.25, -0.2) is 18.1 Å². The van der Waals surface area contributed by atoms with Crippen molar-refractivity contribution in [2.75, 3.05) is 60.2 Å². The van der Waals surface area contributed by atoms with Crippen LogP contribution in [0.25, 0.3) is 0 Å². The molecule has 0 fully saturated rings. The number of carbonyl (C=O) groups excluding carboxylic acids is 3. The molecule has 0 rings (SSSR count). The van der Waals surface area contributed by atoms with Gasteiger partial charge < -0.3 is 33.9 Å². The van der Waals surface area contributed by atoms with E-state index in [1.807, 2.05) is 0 Å². The molecule has 0 aromatic rings. The van der Waals surface area contributed by atoms with Crippen LogP contribution in [0.1, 0.15) is 219 Å². The number of hydrogen-bond acceptors (Lipinski definition) is 11. The van der Waals surface area contributed by atoms with E-state index in [0.29, 0.717) is 26.1 Å². The molecule has 2 N–H and O–H groups in total. The Morgan fingerprint density at radius 3 is 1.27 bits per heavy atom. The van der Waals surface area contributed by atoms with E-state index in [-0.39, 0.29) is 26.0 Å². The topological polar surface area (TPSA) is 165 Å². The fourth-order valence-corrected chi connectivity index (χ4v) is 7.40. The van der Waals surface area contributed by atoms with Crippen LogP contribution in [0.15, 0.2) is 0 Å². The van der Waals surface area contributed by atoms with E-state index < -0.39 is 58.9 Å². The maximum absolute atomic E-state index is 12.6. The fraction of sp³-hybridized carbons (Fsp3) is 0.936. The third-order valence-corrected chi connectivity index (χ3v) is 11.3. The van der Waals surface area contributed by atoms with Crippen molar-refractivity contribution in [3.05, 3.63) is 0 Å². The molecule has 0 aromatic carbocycles. The quantitative estimate of drug-likeness (QED) is 0.0257. The number of amides is 1. The van der Waals surface area contributed by atoms with Crippen LogP contribution in [-0.2, 0) is 46.9 Å². The van der Waals surface area contributed by atoms with Crippen molar-refractivity contribution in [2.24, 2.45) is 0 Å². The van der Waals surface area contributed by atoms with Crippen LogP contribution in [0.2, 0.25) is 0 Å². The lowest BCUT2D eigenvalue weighted by Gasteiger charge is -2.20. The van der Waals surface area contributed by atoms with E-state index in [9.17, 15) is 32.6 Å². The zero-order valence-corrected chi connectivity index (χ0v) is 40.9. The van der Waals surface area contributed by atoms with Gasteiger partial charge in [-0.1, -0.05) is 194 Å². The number of methoxy groups -OCH3 is 1. The molecule has 63 heavy (non-hydrogen) atoms. The summed E-state index contributed by atoms with van der Waals surface area (Å²) in [5, 5.41) is 2.13. The van der Waals surface area contributed by atoms with Crippen molar-refractivity contribution in [3.63, 3.8) is 0 Å². The van der Waals surface area contributed by atoms with Crippen LogP contribution < -0.4 is 5.32 Å². The molecule has 1 atom stereocenters. The summed E-state index contributed by atoms with van der Waals surface area (Å²) in [6, 6.07) is 0. The standard InChI is InChI=1S/C42H81FNO10P.C5H11FO2/c1-3-5-7-9-11-13-15-17-19-21-23-25-27-29-31-33-39(45)53-41(37-52-55(48,49)51-36-35-44-42(47)50-38-43)54-40(46)34-32-30-28-26-24-22-20-18-16-14-12-10-8-6-4-2;1-7-4-5-8-3-2-6/h41H,3-38H2,1-2H3,(H,44,47)(H,48,49);2-5H2,1H3. The number of ether oxygens (including phenoxy) is 5. The monoisotopic (exact) mass is 932 g/mol. The first-order valence-electron chi connectivity index (χ1n) is 24.8. The summed E-state index contributed by atoms with van der Waals surface area (Å²) in [5.41, 5.74) is 0. The molecular formula is C47H92F2NO12P. The summed E-state index contributed by atoms with van der Waals surface area (Å²) in [4.78, 5) is 46.4. The number of phosphoric ester groups is 1. The molecule has 0 radical (unpaired) electrons. The molecule has 0 spiro atoms. The number of halogens is 2. The van der Waals surface area contributed by atoms with Crippen molar-refractivity contribution in [3.8, 4) is 0 Å². The third-order valence-electron chi connectivity index (χ3n) is 10.3. The summed E-state index contributed by atoms with van der Waals surface area (Å²) >= 11 is 0. The predicted octanol–water partition coefficient (Wildman–Crippen LogP) is 13.3. The van der Waals surface area contributed by atoms with Gasteiger partial charge in [0.05, 0.1) is 26.4 Å². The highest BCUT2D eigenvalue weighted by atomic mass is 31.2. The van der Waals surface area contributed by atoms with E-state index in [1.165, 1.54) is 141 Å². The first-order valence-corrected chi connectivity index (χ1v) is 26.2. The second-order valence-electron chi connectivity index (χ2n) is 16.2. The van der Waals surface area contributed by atoms with Gasteiger partial charge in [0.1, 0.15) is 13.3 Å². The fourth-order valence-electron chi connectivity index (χ4n) is 6.69. The Labute approximate surface area is 381 Å². The minimum Gasteiger partial charge on any atom is -0.423 e. The highest BCUT2D eigenvalue weighted by molar-refractivity contribution is 7.47. The highest BCUT2D eigenvalue weighted by Crippen LogP contribution is 2.43. The van der Waals surface area contributed by atoms with Crippen LogP contribution in [0, 0.1) is 0 Å². The number of alkyl carbamates (subject to hydrolysis) is 1. The largest absolute Gasteiger partial charge is 0.472 e. The lowest BCUT2D eigenvalue weighted by Crippen LogP contribution is -2.29. The Balaban J connectivity index is 0. The molecule has 16 heteroatoms. The zero-order chi connectivity index (χ0) is 46.8. The number of alkyl halides is 2. The molecule has 0 aliphatic carbocycles. The van der Waals surface area contributed by atoms with Gasteiger partial charge in [0.25, 0.3) is 6.29 Å². The second-order valence-corrected chi connectivity index (χ2v) is 17.6. The maximum atomic E-state index is 12.6. The summed E-state index contributed by atoms with van der Waals surface area (Å²) in [7, 11) is -3.08. The number of rotatable bonds is 47. The van der Waals surface area contributed by atoms with Crippen LogP contribution in [0.5, 0.6) is 0 Å². The van der Waals surface area contributed by atoms with E-state index in [2.05, 4.69) is 28.6 Å². The molecule has 0 aliphatic heterocycles. The Hall–Kier alpha value is -1.90. The summed E-state index contributed by atoms with van der Waals surface area (Å²) in [6.07, 6.45) is 33.8. The molecule has 0 saturated carbocycles. The Morgan fingerprint density at radius 2 is 0.921 bits per heavy atom. The van der Waals surface area contributed by atoms with Gasteiger partial charge in [-0.15, -0.1) is 0 Å². The Kier molecular flexibility index (Phi) is 51.2. The molecule has 376 valence electrons. The molecule has 0 aromatic heterocycles. The maximum Gasteiger partial charge on any atom is 0.472 e. The van der Waals surface area contributed by atoms with Gasteiger partial charge in [-0.2, -0.15) is 0 Å².